The van der Waals surface area contributed by atoms with Crippen molar-refractivity contribution in [1.82, 2.24) is 10.0 Å². The summed E-state index contributed by atoms with van der Waals surface area (Å²) in [5, 5.41) is 2.48. The van der Waals surface area contributed by atoms with Crippen LogP contribution >= 0.6 is 11.8 Å². The van der Waals surface area contributed by atoms with Crippen LogP contribution in [0.3, 0.4) is 0 Å². The molecule has 0 radical (unpaired) electrons. The van der Waals surface area contributed by atoms with Crippen LogP contribution in [0.2, 0.25) is 0 Å². The Labute approximate surface area is 150 Å². The molecular weight excluding hydrogens is 363 g/mol. The third kappa shape index (κ3) is 3.86. The minimum absolute atomic E-state index is 0.0660. The fourth-order valence-electron chi connectivity index (χ4n) is 2.67. The van der Waals surface area contributed by atoms with Crippen molar-refractivity contribution in [3.63, 3.8) is 0 Å². The molecule has 0 aromatic heterocycles. The lowest BCUT2D eigenvalue weighted by Crippen LogP contribution is -2.31. The first kappa shape index (κ1) is 17.9. The third-order valence-electron chi connectivity index (χ3n) is 3.96. The molecule has 0 bridgehead atoms. The summed E-state index contributed by atoms with van der Waals surface area (Å²) in [6.45, 7) is 0. The van der Waals surface area contributed by atoms with Gasteiger partial charge in [0, 0.05) is 23.5 Å². The van der Waals surface area contributed by atoms with Crippen LogP contribution in [0.25, 0.3) is 0 Å². The van der Waals surface area contributed by atoms with E-state index in [1.165, 1.54) is 43.4 Å². The number of fused-ring (bicyclic) bond motifs is 1. The number of rotatable bonds is 4. The normalized spacial score (nSPS) is 17.0. The Balaban J connectivity index is 1.85. The summed E-state index contributed by atoms with van der Waals surface area (Å²) in [6.07, 6.45) is 0.580. The van der Waals surface area contributed by atoms with Gasteiger partial charge >= 0.3 is 0 Å². The summed E-state index contributed by atoms with van der Waals surface area (Å²) in [5.74, 6) is 0.0764. The fraction of sp³-hybridized carbons (Fsp3) is 0.235. The number of carbonyl (C=O) groups excluding carboxylic acids is 1. The van der Waals surface area contributed by atoms with Crippen molar-refractivity contribution in [2.75, 3.05) is 12.8 Å². The Kier molecular flexibility index (Phi) is 5.12. The van der Waals surface area contributed by atoms with Crippen molar-refractivity contribution in [2.24, 2.45) is 0 Å². The molecule has 1 unspecified atom stereocenters. The maximum atomic E-state index is 13.6. The summed E-state index contributed by atoms with van der Waals surface area (Å²) < 4.78 is 41.5. The number of benzene rings is 2. The number of amides is 1. The maximum Gasteiger partial charge on any atom is 0.251 e. The van der Waals surface area contributed by atoms with Gasteiger partial charge in [0.05, 0.1) is 4.90 Å². The summed E-state index contributed by atoms with van der Waals surface area (Å²) in [4.78, 5) is 12.5. The van der Waals surface area contributed by atoms with Crippen LogP contribution in [-0.4, -0.2) is 27.1 Å². The minimum atomic E-state index is -3.78. The zero-order valence-electron chi connectivity index (χ0n) is 13.5. The van der Waals surface area contributed by atoms with Crippen LogP contribution in [0, 0.1) is 5.82 Å². The molecule has 132 valence electrons. The molecule has 1 heterocycles. The lowest BCUT2D eigenvalue weighted by molar-refractivity contribution is 0.0963. The van der Waals surface area contributed by atoms with Gasteiger partial charge in [-0.3, -0.25) is 4.79 Å². The Morgan fingerprint density at radius 3 is 2.60 bits per heavy atom. The van der Waals surface area contributed by atoms with E-state index in [9.17, 15) is 17.6 Å². The summed E-state index contributed by atoms with van der Waals surface area (Å²) in [5.41, 5.74) is 1.03. The summed E-state index contributed by atoms with van der Waals surface area (Å²) in [6, 6.07) is 9.64. The molecule has 1 aliphatic heterocycles. The molecule has 5 nitrogen and oxygen atoms in total. The van der Waals surface area contributed by atoms with Gasteiger partial charge in [0.25, 0.3) is 5.91 Å². The Bertz CT molecular complexity index is 899. The number of hydrogen-bond donors (Lipinski definition) is 2. The number of thioether (sulfide) groups is 1. The Morgan fingerprint density at radius 1 is 1.20 bits per heavy atom. The molecular formula is C17H17FN2O3S2. The average Bonchev–Trinajstić information content (AvgIpc) is 2.61. The average molecular weight is 380 g/mol. The number of carbonyl (C=O) groups is 1. The predicted octanol–water partition coefficient (Wildman–Crippen LogP) is 2.70. The lowest BCUT2D eigenvalue weighted by Gasteiger charge is -2.25. The van der Waals surface area contributed by atoms with Gasteiger partial charge in [-0.15, -0.1) is 11.8 Å². The molecule has 2 N–H and O–H groups in total. The second-order valence-electron chi connectivity index (χ2n) is 5.60. The monoisotopic (exact) mass is 380 g/mol. The van der Waals surface area contributed by atoms with Crippen LogP contribution in [-0.2, 0) is 10.0 Å². The van der Waals surface area contributed by atoms with Gasteiger partial charge in [0.1, 0.15) is 5.82 Å². The van der Waals surface area contributed by atoms with E-state index in [4.69, 9.17) is 0 Å². The number of sulfonamides is 1. The van der Waals surface area contributed by atoms with Crippen molar-refractivity contribution in [1.29, 1.82) is 0 Å². The largest absolute Gasteiger partial charge is 0.355 e. The Morgan fingerprint density at radius 2 is 1.92 bits per heavy atom. The van der Waals surface area contributed by atoms with Crippen LogP contribution in [0.1, 0.15) is 28.4 Å². The van der Waals surface area contributed by atoms with Gasteiger partial charge in [-0.2, -0.15) is 0 Å². The van der Waals surface area contributed by atoms with Crippen molar-refractivity contribution in [2.45, 2.75) is 22.3 Å². The molecule has 2 aromatic carbocycles. The first-order chi connectivity index (χ1) is 11.9. The molecule has 0 spiro atoms. The number of nitrogens with one attached hydrogen (secondary N) is 2. The molecule has 1 atom stereocenters. The van der Waals surface area contributed by atoms with Gasteiger partial charge < -0.3 is 5.32 Å². The van der Waals surface area contributed by atoms with E-state index in [1.807, 2.05) is 0 Å². The molecule has 8 heteroatoms. The van der Waals surface area contributed by atoms with Crippen LogP contribution in [0.5, 0.6) is 0 Å². The van der Waals surface area contributed by atoms with Crippen molar-refractivity contribution < 1.29 is 17.6 Å². The van der Waals surface area contributed by atoms with E-state index in [0.717, 1.165) is 10.6 Å². The summed E-state index contributed by atoms with van der Waals surface area (Å²) >= 11 is 1.58. The quantitative estimate of drug-likeness (QED) is 0.855. The zero-order chi connectivity index (χ0) is 18.0. The van der Waals surface area contributed by atoms with Crippen LogP contribution < -0.4 is 10.0 Å². The molecule has 1 aliphatic rings. The van der Waals surface area contributed by atoms with Crippen LogP contribution in [0.4, 0.5) is 4.39 Å². The molecule has 0 aliphatic carbocycles. The predicted molar refractivity (Wildman–Crippen MR) is 94.6 cm³/mol. The van der Waals surface area contributed by atoms with E-state index in [1.54, 1.807) is 17.8 Å². The van der Waals surface area contributed by atoms with Crippen molar-refractivity contribution >= 4 is 27.7 Å². The molecule has 2 aromatic rings. The molecule has 0 saturated heterocycles. The van der Waals surface area contributed by atoms with Crippen LogP contribution in [0.15, 0.2) is 52.3 Å². The highest BCUT2D eigenvalue weighted by molar-refractivity contribution is 7.99. The molecule has 1 amide bonds. The fourth-order valence-corrected chi connectivity index (χ4v) is 5.03. The van der Waals surface area contributed by atoms with E-state index in [2.05, 4.69) is 10.0 Å². The van der Waals surface area contributed by atoms with Crippen molar-refractivity contribution in [3.8, 4) is 0 Å². The first-order valence-corrected chi connectivity index (χ1v) is 10.1. The SMILES string of the molecule is CNC(=O)c1ccc(S(=O)(=O)NC2CCSc3ccc(F)cc32)cc1. The highest BCUT2D eigenvalue weighted by Gasteiger charge is 2.26. The maximum absolute atomic E-state index is 13.6. The zero-order valence-corrected chi connectivity index (χ0v) is 15.1. The van der Waals surface area contributed by atoms with E-state index in [0.29, 0.717) is 17.5 Å². The smallest absolute Gasteiger partial charge is 0.251 e. The van der Waals surface area contributed by atoms with Gasteiger partial charge in [0.2, 0.25) is 10.0 Å². The molecule has 3 rings (SSSR count). The number of halogens is 1. The highest BCUT2D eigenvalue weighted by Crippen LogP contribution is 2.37. The van der Waals surface area contributed by atoms with Gasteiger partial charge in [-0.1, -0.05) is 0 Å². The van der Waals surface area contributed by atoms with E-state index in [-0.39, 0.29) is 16.6 Å². The molecule has 25 heavy (non-hydrogen) atoms. The number of hydrogen-bond acceptors (Lipinski definition) is 4. The topological polar surface area (TPSA) is 75.3 Å². The Hall–Kier alpha value is -1.90. The highest BCUT2D eigenvalue weighted by atomic mass is 32.2. The first-order valence-electron chi connectivity index (χ1n) is 7.67. The second-order valence-corrected chi connectivity index (χ2v) is 8.45. The standard InChI is InChI=1S/C17H17FN2O3S2/c1-19-17(21)11-2-5-13(6-3-11)25(22,23)20-15-8-9-24-16-7-4-12(18)10-14(15)16/h2-7,10,15,20H,8-9H2,1H3,(H,19,21). The van der Waals surface area contributed by atoms with Crippen molar-refractivity contribution in [3.05, 3.63) is 59.4 Å². The van der Waals surface area contributed by atoms with Gasteiger partial charge in [-0.05, 0) is 60.2 Å². The third-order valence-corrected chi connectivity index (χ3v) is 6.57. The van der Waals surface area contributed by atoms with E-state index >= 15 is 0 Å². The van der Waals surface area contributed by atoms with E-state index < -0.39 is 16.1 Å². The lowest BCUT2D eigenvalue weighted by atomic mass is 10.0. The molecule has 0 fully saturated rings. The van der Waals surface area contributed by atoms with Gasteiger partial charge in [0.15, 0.2) is 0 Å². The molecule has 0 saturated carbocycles. The summed E-state index contributed by atoms with van der Waals surface area (Å²) in [7, 11) is -2.27. The minimum Gasteiger partial charge on any atom is -0.355 e. The van der Waals surface area contributed by atoms with Gasteiger partial charge in [-0.25, -0.2) is 17.5 Å². The second kappa shape index (κ2) is 7.15.